The van der Waals surface area contributed by atoms with Crippen LogP contribution in [0.3, 0.4) is 0 Å². The maximum absolute atomic E-state index is 12.8. The normalized spacial score (nSPS) is 13.0. The summed E-state index contributed by atoms with van der Waals surface area (Å²) >= 11 is 2.77. The zero-order chi connectivity index (χ0) is 18.8. The molecule has 0 aliphatic rings. The minimum absolute atomic E-state index is 0.114. The van der Waals surface area contributed by atoms with Crippen LogP contribution in [0.5, 0.6) is 0 Å². The van der Waals surface area contributed by atoms with E-state index in [-0.39, 0.29) is 5.56 Å². The Bertz CT molecular complexity index is 1310. The van der Waals surface area contributed by atoms with Crippen LogP contribution in [0, 0.1) is 11.3 Å². The fourth-order valence-electron chi connectivity index (χ4n) is 2.75. The Kier molecular flexibility index (Phi) is 4.67. The predicted molar refractivity (Wildman–Crippen MR) is 109 cm³/mol. The van der Waals surface area contributed by atoms with E-state index in [0.717, 1.165) is 10.2 Å². The minimum atomic E-state index is -0.114. The quantitative estimate of drug-likeness (QED) is 0.539. The standard InChI is InChI=1S/C20H14N4OS2/c1-2-24-19(25)17(11-13-7-5-6-10-22-13)27-20(24)14(12-21)18-23-15-8-3-4-9-16(15)26-18/h3-11H,2H2,1H3/b17-11+,20-14-. The Morgan fingerprint density at radius 3 is 2.74 bits per heavy atom. The predicted octanol–water partition coefficient (Wildman–Crippen LogP) is 2.49. The SMILES string of the molecule is CCn1c(=O)/c(=C\c2ccccn2)s/c1=C(/C#N)c1nc2ccccc2s1. The Labute approximate surface area is 162 Å². The molecule has 5 nitrogen and oxygen atoms in total. The van der Waals surface area contributed by atoms with E-state index in [9.17, 15) is 10.1 Å². The topological polar surface area (TPSA) is 71.6 Å². The average Bonchev–Trinajstić information content (AvgIpc) is 3.25. The maximum Gasteiger partial charge on any atom is 0.269 e. The third-order valence-electron chi connectivity index (χ3n) is 4.02. The number of aromatic nitrogens is 3. The third-order valence-corrected chi connectivity index (χ3v) is 6.21. The molecule has 0 radical (unpaired) electrons. The second kappa shape index (κ2) is 7.27. The summed E-state index contributed by atoms with van der Waals surface area (Å²) < 4.78 is 3.83. The molecule has 0 bridgehead atoms. The van der Waals surface area contributed by atoms with Gasteiger partial charge in [0.25, 0.3) is 5.56 Å². The van der Waals surface area contributed by atoms with Gasteiger partial charge < -0.3 is 0 Å². The van der Waals surface area contributed by atoms with Gasteiger partial charge in [0.15, 0.2) is 0 Å². The Balaban J connectivity index is 2.01. The molecule has 1 aromatic carbocycles. The molecular weight excluding hydrogens is 376 g/mol. The summed E-state index contributed by atoms with van der Waals surface area (Å²) in [4.78, 5) is 21.7. The molecule has 0 spiro atoms. The smallest absolute Gasteiger partial charge is 0.269 e. The van der Waals surface area contributed by atoms with E-state index in [1.165, 1.54) is 22.7 Å². The highest BCUT2D eigenvalue weighted by Gasteiger charge is 2.14. The monoisotopic (exact) mass is 390 g/mol. The number of hydrogen-bond donors (Lipinski definition) is 0. The van der Waals surface area contributed by atoms with Gasteiger partial charge in [0.1, 0.15) is 21.3 Å². The second-order valence-corrected chi connectivity index (χ2v) is 7.75. The summed E-state index contributed by atoms with van der Waals surface area (Å²) in [5.74, 6) is 0. The molecule has 3 aromatic heterocycles. The number of nitrogens with zero attached hydrogens (tertiary/aromatic N) is 4. The Morgan fingerprint density at radius 1 is 1.22 bits per heavy atom. The van der Waals surface area contributed by atoms with Crippen LogP contribution in [-0.4, -0.2) is 14.5 Å². The molecule has 0 saturated heterocycles. The molecule has 0 fully saturated rings. The summed E-state index contributed by atoms with van der Waals surface area (Å²) in [5.41, 5.74) is 1.88. The van der Waals surface area contributed by atoms with Gasteiger partial charge in [-0.3, -0.25) is 14.3 Å². The lowest BCUT2D eigenvalue weighted by molar-refractivity contribution is 0.721. The molecule has 0 atom stereocenters. The summed E-state index contributed by atoms with van der Waals surface area (Å²) in [6, 6.07) is 15.6. The lowest BCUT2D eigenvalue weighted by Crippen LogP contribution is -2.31. The summed E-state index contributed by atoms with van der Waals surface area (Å²) in [5, 5.41) is 10.4. The van der Waals surface area contributed by atoms with E-state index >= 15 is 0 Å². The zero-order valence-electron chi connectivity index (χ0n) is 14.4. The third kappa shape index (κ3) is 3.21. The van der Waals surface area contributed by atoms with Crippen molar-refractivity contribution < 1.29 is 0 Å². The van der Waals surface area contributed by atoms with Crippen molar-refractivity contribution in [2.75, 3.05) is 0 Å². The molecule has 4 rings (SSSR count). The number of hydrogen-bond acceptors (Lipinski definition) is 6. The molecular formula is C20H14N4OS2. The number of pyridine rings is 1. The molecule has 27 heavy (non-hydrogen) atoms. The van der Waals surface area contributed by atoms with Crippen LogP contribution in [0.4, 0.5) is 0 Å². The first-order valence-corrected chi connectivity index (χ1v) is 9.97. The molecule has 132 valence electrons. The summed E-state index contributed by atoms with van der Waals surface area (Å²) in [6.07, 6.45) is 3.45. The van der Waals surface area contributed by atoms with E-state index in [2.05, 4.69) is 16.0 Å². The largest absolute Gasteiger partial charge is 0.298 e. The lowest BCUT2D eigenvalue weighted by atomic mass is 10.3. The first-order chi connectivity index (χ1) is 13.2. The molecule has 0 unspecified atom stereocenters. The van der Waals surface area contributed by atoms with Crippen molar-refractivity contribution in [1.82, 2.24) is 14.5 Å². The molecule has 7 heteroatoms. The van der Waals surface area contributed by atoms with Crippen LogP contribution < -0.4 is 14.8 Å². The van der Waals surface area contributed by atoms with Gasteiger partial charge in [-0.15, -0.1) is 22.7 Å². The van der Waals surface area contributed by atoms with Gasteiger partial charge in [-0.1, -0.05) is 18.2 Å². The van der Waals surface area contributed by atoms with Crippen LogP contribution in [0.25, 0.3) is 21.9 Å². The van der Waals surface area contributed by atoms with Crippen LogP contribution >= 0.6 is 22.7 Å². The highest BCUT2D eigenvalue weighted by atomic mass is 32.1. The van der Waals surface area contributed by atoms with Crippen molar-refractivity contribution in [3.63, 3.8) is 0 Å². The molecule has 0 amide bonds. The number of rotatable bonds is 3. The van der Waals surface area contributed by atoms with E-state index in [1.807, 2.05) is 49.4 Å². The van der Waals surface area contributed by atoms with Gasteiger partial charge in [0.05, 0.1) is 20.4 Å². The molecule has 0 N–H and O–H groups in total. The maximum atomic E-state index is 12.8. The number of fused-ring (bicyclic) bond motifs is 1. The molecule has 0 saturated carbocycles. The van der Waals surface area contributed by atoms with Crippen molar-refractivity contribution in [2.24, 2.45) is 0 Å². The van der Waals surface area contributed by atoms with Crippen molar-refractivity contribution in [2.45, 2.75) is 13.5 Å². The zero-order valence-corrected chi connectivity index (χ0v) is 16.0. The van der Waals surface area contributed by atoms with Crippen molar-refractivity contribution >= 4 is 44.5 Å². The molecule has 0 aliphatic heterocycles. The van der Waals surface area contributed by atoms with Gasteiger partial charge in [0.2, 0.25) is 0 Å². The van der Waals surface area contributed by atoms with Gasteiger partial charge in [-0.25, -0.2) is 4.98 Å². The fourth-order valence-corrected chi connectivity index (χ4v) is 4.93. The van der Waals surface area contributed by atoms with E-state index in [0.29, 0.717) is 32.0 Å². The van der Waals surface area contributed by atoms with Gasteiger partial charge in [0, 0.05) is 12.7 Å². The van der Waals surface area contributed by atoms with Crippen LogP contribution in [0.1, 0.15) is 17.6 Å². The van der Waals surface area contributed by atoms with Crippen LogP contribution in [-0.2, 0) is 6.54 Å². The first-order valence-electron chi connectivity index (χ1n) is 8.34. The highest BCUT2D eigenvalue weighted by Crippen LogP contribution is 2.25. The molecule has 3 heterocycles. The molecule has 4 aromatic rings. The van der Waals surface area contributed by atoms with E-state index in [4.69, 9.17) is 0 Å². The van der Waals surface area contributed by atoms with Crippen molar-refractivity contribution in [3.8, 4) is 6.07 Å². The summed E-state index contributed by atoms with van der Waals surface area (Å²) in [7, 11) is 0. The number of nitriles is 1. The average molecular weight is 390 g/mol. The van der Waals surface area contributed by atoms with Gasteiger partial charge >= 0.3 is 0 Å². The van der Waals surface area contributed by atoms with Crippen molar-refractivity contribution in [3.05, 3.63) is 78.9 Å². The summed E-state index contributed by atoms with van der Waals surface area (Å²) in [6.45, 7) is 2.38. The van der Waals surface area contributed by atoms with Gasteiger partial charge in [-0.2, -0.15) is 5.26 Å². The first kappa shape index (κ1) is 17.3. The van der Waals surface area contributed by atoms with Gasteiger partial charge in [-0.05, 0) is 37.3 Å². The Hall–Kier alpha value is -3.08. The number of benzene rings is 1. The number of para-hydroxylation sites is 1. The highest BCUT2D eigenvalue weighted by molar-refractivity contribution is 7.19. The van der Waals surface area contributed by atoms with E-state index < -0.39 is 0 Å². The van der Waals surface area contributed by atoms with Crippen LogP contribution in [0.2, 0.25) is 0 Å². The minimum Gasteiger partial charge on any atom is -0.298 e. The van der Waals surface area contributed by atoms with E-state index in [1.54, 1.807) is 16.8 Å². The number of thiazole rings is 2. The van der Waals surface area contributed by atoms with Crippen molar-refractivity contribution in [1.29, 1.82) is 5.26 Å². The van der Waals surface area contributed by atoms with Crippen LogP contribution in [0.15, 0.2) is 53.5 Å². The Morgan fingerprint density at radius 2 is 2.04 bits per heavy atom. The second-order valence-electron chi connectivity index (χ2n) is 5.69. The fraction of sp³-hybridized carbons (Fsp3) is 0.100. The molecule has 0 aliphatic carbocycles. The lowest BCUT2D eigenvalue weighted by Gasteiger charge is -1.96.